The highest BCUT2D eigenvalue weighted by Crippen LogP contribution is 2.24. The lowest BCUT2D eigenvalue weighted by Gasteiger charge is -2.24. The summed E-state index contributed by atoms with van der Waals surface area (Å²) < 4.78 is 10.6. The molecule has 3 N–H and O–H groups in total. The van der Waals surface area contributed by atoms with Crippen LogP contribution in [-0.2, 0) is 9.47 Å². The fourth-order valence-electron chi connectivity index (χ4n) is 2.89. The van der Waals surface area contributed by atoms with Crippen LogP contribution in [0.15, 0.2) is 46.4 Å². The Morgan fingerprint density at radius 3 is 1.92 bits per heavy atom. The number of rotatable bonds is 7. The third-order valence-electron chi connectivity index (χ3n) is 4.56. The number of nitrogens with one attached hydrogen (secondary N) is 1. The molecular formula is C27H36N4O6. The number of carbonyl (C=O) groups excluding carboxylic acids is 2. The van der Waals surface area contributed by atoms with E-state index in [4.69, 9.17) is 9.47 Å². The SMILES string of the molecule is CN(C(=O)OC(C)(C)C)c1ccc(O)c(/C=N/CC/N=C/c2cc(NC(=O)OC(C)(C)C)ccc2O)c1. The first-order chi connectivity index (χ1) is 17.1. The van der Waals surface area contributed by atoms with Crippen molar-refractivity contribution in [2.24, 2.45) is 9.98 Å². The van der Waals surface area contributed by atoms with E-state index < -0.39 is 23.4 Å². The number of aromatic hydroxyl groups is 2. The highest BCUT2D eigenvalue weighted by Gasteiger charge is 2.21. The molecule has 0 aliphatic carbocycles. The molecule has 2 aromatic rings. The Kier molecular flexibility index (Phi) is 9.65. The number of nitrogens with zero attached hydrogens (tertiary/aromatic N) is 3. The van der Waals surface area contributed by atoms with E-state index in [1.807, 2.05) is 0 Å². The van der Waals surface area contributed by atoms with Gasteiger partial charge in [-0.1, -0.05) is 0 Å². The van der Waals surface area contributed by atoms with Crippen LogP contribution in [-0.4, -0.2) is 66.2 Å². The van der Waals surface area contributed by atoms with Crippen LogP contribution in [0.25, 0.3) is 0 Å². The topological polar surface area (TPSA) is 133 Å². The molecule has 0 heterocycles. The average Bonchev–Trinajstić information content (AvgIpc) is 2.76. The number of hydrogen-bond donors (Lipinski definition) is 3. The van der Waals surface area contributed by atoms with Crippen LogP contribution in [0.2, 0.25) is 0 Å². The number of carbonyl (C=O) groups is 2. The van der Waals surface area contributed by atoms with Crippen molar-refractivity contribution in [1.29, 1.82) is 0 Å². The minimum absolute atomic E-state index is 0.0119. The lowest BCUT2D eigenvalue weighted by atomic mass is 10.2. The summed E-state index contributed by atoms with van der Waals surface area (Å²) in [6.07, 6.45) is 1.88. The summed E-state index contributed by atoms with van der Waals surface area (Å²) in [6, 6.07) is 9.32. The van der Waals surface area contributed by atoms with E-state index in [0.717, 1.165) is 0 Å². The number of phenols is 2. The summed E-state index contributed by atoms with van der Waals surface area (Å²) in [5, 5.41) is 22.8. The first kappa shape index (κ1) is 29.2. The van der Waals surface area contributed by atoms with Gasteiger partial charge < -0.3 is 19.7 Å². The summed E-state index contributed by atoms with van der Waals surface area (Å²) >= 11 is 0. The molecule has 0 aromatic heterocycles. The summed E-state index contributed by atoms with van der Waals surface area (Å²) in [4.78, 5) is 34.2. The Balaban J connectivity index is 1.97. The third-order valence-corrected chi connectivity index (χ3v) is 4.56. The van der Waals surface area contributed by atoms with Crippen molar-refractivity contribution < 1.29 is 29.3 Å². The highest BCUT2D eigenvalue weighted by molar-refractivity contribution is 5.91. The Hall–Kier alpha value is -4.08. The van der Waals surface area contributed by atoms with Gasteiger partial charge in [-0.15, -0.1) is 0 Å². The molecule has 0 aliphatic heterocycles. The quantitative estimate of drug-likeness (QED) is 0.260. The van der Waals surface area contributed by atoms with Gasteiger partial charge in [0, 0.05) is 42.0 Å². The summed E-state index contributed by atoms with van der Waals surface area (Å²) in [7, 11) is 1.59. The van der Waals surface area contributed by atoms with E-state index in [2.05, 4.69) is 15.3 Å². The predicted octanol–water partition coefficient (Wildman–Crippen LogP) is 5.35. The normalized spacial score (nSPS) is 12.1. The minimum Gasteiger partial charge on any atom is -0.507 e. The lowest BCUT2D eigenvalue weighted by molar-refractivity contribution is 0.0587. The predicted molar refractivity (Wildman–Crippen MR) is 146 cm³/mol. The van der Waals surface area contributed by atoms with E-state index in [9.17, 15) is 19.8 Å². The van der Waals surface area contributed by atoms with Crippen LogP contribution < -0.4 is 10.2 Å². The molecule has 0 atom stereocenters. The summed E-state index contributed by atoms with van der Waals surface area (Å²) in [5.41, 5.74) is 0.612. The van der Waals surface area contributed by atoms with Gasteiger partial charge in [-0.2, -0.15) is 0 Å². The molecule has 0 spiro atoms. The second-order valence-corrected chi connectivity index (χ2v) is 10.3. The van der Waals surface area contributed by atoms with Gasteiger partial charge >= 0.3 is 12.2 Å². The number of benzene rings is 2. The molecular weight excluding hydrogens is 476 g/mol. The number of anilines is 2. The zero-order valence-corrected chi connectivity index (χ0v) is 22.4. The molecule has 0 saturated heterocycles. The molecule has 10 nitrogen and oxygen atoms in total. The van der Waals surface area contributed by atoms with Gasteiger partial charge in [0.2, 0.25) is 0 Å². The molecule has 200 valence electrons. The number of hydrogen-bond acceptors (Lipinski definition) is 8. The molecule has 0 saturated carbocycles. The van der Waals surface area contributed by atoms with Crippen LogP contribution in [0.4, 0.5) is 21.0 Å². The summed E-state index contributed by atoms with van der Waals surface area (Å²) in [5.74, 6) is 0.0330. The van der Waals surface area contributed by atoms with Crippen LogP contribution in [0.3, 0.4) is 0 Å². The maximum Gasteiger partial charge on any atom is 0.414 e. The molecule has 0 unspecified atom stereocenters. The van der Waals surface area contributed by atoms with E-state index in [-0.39, 0.29) is 11.5 Å². The van der Waals surface area contributed by atoms with Gasteiger partial charge in [-0.3, -0.25) is 20.2 Å². The molecule has 0 bridgehead atoms. The Bertz CT molecular complexity index is 1160. The zero-order chi connectivity index (χ0) is 27.8. The van der Waals surface area contributed by atoms with Crippen molar-refractivity contribution in [3.63, 3.8) is 0 Å². The van der Waals surface area contributed by atoms with Gasteiger partial charge in [0.25, 0.3) is 0 Å². The summed E-state index contributed by atoms with van der Waals surface area (Å²) in [6.45, 7) is 11.3. The number of aliphatic imine (C=N–C) groups is 2. The Morgan fingerprint density at radius 2 is 1.38 bits per heavy atom. The molecule has 37 heavy (non-hydrogen) atoms. The molecule has 2 rings (SSSR count). The number of ether oxygens (including phenoxy) is 2. The van der Waals surface area contributed by atoms with Crippen molar-refractivity contribution in [3.05, 3.63) is 47.5 Å². The first-order valence-electron chi connectivity index (χ1n) is 11.8. The van der Waals surface area contributed by atoms with Gasteiger partial charge in [-0.05, 0) is 77.9 Å². The van der Waals surface area contributed by atoms with E-state index in [0.29, 0.717) is 35.6 Å². The maximum atomic E-state index is 12.3. The molecule has 0 radical (unpaired) electrons. The molecule has 10 heteroatoms. The number of phenolic OH excluding ortho intramolecular Hbond substituents is 2. The largest absolute Gasteiger partial charge is 0.507 e. The first-order valence-corrected chi connectivity index (χ1v) is 11.8. The fraction of sp³-hybridized carbons (Fsp3) is 0.407. The third kappa shape index (κ3) is 10.2. The van der Waals surface area contributed by atoms with Crippen molar-refractivity contribution in [2.45, 2.75) is 52.7 Å². The van der Waals surface area contributed by atoms with Crippen molar-refractivity contribution in [2.75, 3.05) is 30.4 Å². The van der Waals surface area contributed by atoms with E-state index in [1.165, 1.54) is 29.5 Å². The van der Waals surface area contributed by atoms with E-state index >= 15 is 0 Å². The maximum absolute atomic E-state index is 12.3. The van der Waals surface area contributed by atoms with Crippen LogP contribution in [0.1, 0.15) is 52.7 Å². The monoisotopic (exact) mass is 512 g/mol. The molecule has 0 aliphatic rings. The van der Waals surface area contributed by atoms with Gasteiger partial charge in [0.05, 0.1) is 13.1 Å². The van der Waals surface area contributed by atoms with Gasteiger partial charge in [0.1, 0.15) is 22.7 Å². The van der Waals surface area contributed by atoms with Crippen molar-refractivity contribution >= 4 is 36.0 Å². The van der Waals surface area contributed by atoms with Gasteiger partial charge in [0.15, 0.2) is 0 Å². The molecule has 2 amide bonds. The fourth-order valence-corrected chi connectivity index (χ4v) is 2.89. The van der Waals surface area contributed by atoms with Crippen LogP contribution in [0.5, 0.6) is 11.5 Å². The van der Waals surface area contributed by atoms with Crippen molar-refractivity contribution in [3.8, 4) is 11.5 Å². The minimum atomic E-state index is -0.627. The van der Waals surface area contributed by atoms with Crippen LogP contribution >= 0.6 is 0 Å². The number of amides is 2. The lowest BCUT2D eigenvalue weighted by Crippen LogP contribution is -2.34. The highest BCUT2D eigenvalue weighted by atomic mass is 16.6. The standard InChI is InChI=1S/C27H36N4O6/c1-26(2,3)36-24(34)30-20-8-10-22(32)18(14-20)16-28-12-13-29-17-19-15-21(9-11-23(19)33)31(7)25(35)37-27(4,5)6/h8-11,14-17,32-33H,12-13H2,1-7H3,(H,30,34)/b28-16+,29-17+. The smallest absolute Gasteiger partial charge is 0.414 e. The van der Waals surface area contributed by atoms with Crippen LogP contribution in [0, 0.1) is 0 Å². The average molecular weight is 513 g/mol. The molecule has 0 fully saturated rings. The Morgan fingerprint density at radius 1 is 0.865 bits per heavy atom. The Labute approximate surface area is 217 Å². The van der Waals surface area contributed by atoms with Crippen molar-refractivity contribution in [1.82, 2.24) is 0 Å². The van der Waals surface area contributed by atoms with E-state index in [1.54, 1.807) is 72.9 Å². The second-order valence-electron chi connectivity index (χ2n) is 10.3. The zero-order valence-electron chi connectivity index (χ0n) is 22.4. The second kappa shape index (κ2) is 12.2. The van der Waals surface area contributed by atoms with Gasteiger partial charge in [-0.25, -0.2) is 9.59 Å². The molecule has 2 aromatic carbocycles.